The Morgan fingerprint density at radius 3 is 2.68 bits per heavy atom. The van der Waals surface area contributed by atoms with E-state index in [1.807, 2.05) is 36.4 Å². The van der Waals surface area contributed by atoms with Crippen LogP contribution in [0, 0.1) is 0 Å². The van der Waals surface area contributed by atoms with E-state index in [2.05, 4.69) is 0 Å². The molecule has 1 atom stereocenters. The molecule has 0 saturated carbocycles. The maximum absolute atomic E-state index is 12.4. The fourth-order valence-electron chi connectivity index (χ4n) is 2.04. The molecule has 1 heterocycles. The van der Waals surface area contributed by atoms with E-state index >= 15 is 0 Å². The number of hydrogen-bond donors (Lipinski definition) is 0. The number of benzene rings is 1. The molecular formula is C14H17NO3S. The molecule has 0 fully saturated rings. The van der Waals surface area contributed by atoms with Gasteiger partial charge in [0.25, 0.3) is 0 Å². The third-order valence-electron chi connectivity index (χ3n) is 3.30. The molecule has 1 aromatic carbocycles. The molecule has 1 amide bonds. The van der Waals surface area contributed by atoms with Gasteiger partial charge in [-0.2, -0.15) is 0 Å². The number of fused-ring (bicyclic) bond motifs is 1. The van der Waals surface area contributed by atoms with Crippen LogP contribution in [0.25, 0.3) is 6.08 Å². The van der Waals surface area contributed by atoms with Crippen LogP contribution in [-0.2, 0) is 14.6 Å². The van der Waals surface area contributed by atoms with Gasteiger partial charge in [0.05, 0.1) is 5.69 Å². The van der Waals surface area contributed by atoms with Crippen LogP contribution in [0.5, 0.6) is 0 Å². The van der Waals surface area contributed by atoms with Gasteiger partial charge >= 0.3 is 0 Å². The van der Waals surface area contributed by atoms with Crippen molar-refractivity contribution in [3.8, 4) is 0 Å². The number of hydrogen-bond acceptors (Lipinski definition) is 3. The smallest absolute Gasteiger partial charge is 0.245 e. The van der Waals surface area contributed by atoms with Gasteiger partial charge in [-0.1, -0.05) is 30.4 Å². The third kappa shape index (κ3) is 2.87. The minimum Gasteiger partial charge on any atom is -0.310 e. The van der Waals surface area contributed by atoms with Gasteiger partial charge in [-0.3, -0.25) is 4.79 Å². The molecule has 0 aromatic heterocycles. The summed E-state index contributed by atoms with van der Waals surface area (Å²) in [7, 11) is -3.38. The van der Waals surface area contributed by atoms with Crippen LogP contribution >= 0.6 is 0 Å². The Labute approximate surface area is 113 Å². The molecular weight excluding hydrogens is 262 g/mol. The molecule has 4 nitrogen and oxygen atoms in total. The Morgan fingerprint density at radius 2 is 2.00 bits per heavy atom. The van der Waals surface area contributed by atoms with Gasteiger partial charge in [0.1, 0.15) is 5.25 Å². The molecule has 1 aliphatic rings. The van der Waals surface area contributed by atoms with Crippen molar-refractivity contribution in [2.75, 3.05) is 17.7 Å². The van der Waals surface area contributed by atoms with E-state index < -0.39 is 15.1 Å². The average molecular weight is 279 g/mol. The van der Waals surface area contributed by atoms with Gasteiger partial charge in [-0.25, -0.2) is 8.42 Å². The number of sulfone groups is 1. The highest BCUT2D eigenvalue weighted by Crippen LogP contribution is 2.26. The van der Waals surface area contributed by atoms with Crippen molar-refractivity contribution in [1.29, 1.82) is 0 Å². The summed E-state index contributed by atoms with van der Waals surface area (Å²) in [6, 6.07) is 7.51. The number of rotatable bonds is 2. The van der Waals surface area contributed by atoms with Gasteiger partial charge in [0.2, 0.25) is 5.91 Å². The van der Waals surface area contributed by atoms with Crippen molar-refractivity contribution in [1.82, 2.24) is 0 Å². The molecule has 0 aliphatic carbocycles. The predicted octanol–water partition coefficient (Wildman–Crippen LogP) is 1.87. The van der Waals surface area contributed by atoms with Crippen LogP contribution < -0.4 is 4.90 Å². The van der Waals surface area contributed by atoms with Crippen molar-refractivity contribution < 1.29 is 13.2 Å². The molecule has 0 spiro atoms. The zero-order chi connectivity index (χ0) is 14.0. The van der Waals surface area contributed by atoms with E-state index in [4.69, 9.17) is 0 Å². The van der Waals surface area contributed by atoms with Crippen molar-refractivity contribution in [3.05, 3.63) is 35.9 Å². The summed E-state index contributed by atoms with van der Waals surface area (Å²) in [6.45, 7) is 1.95. The number of anilines is 1. The first-order valence-electron chi connectivity index (χ1n) is 6.17. The zero-order valence-electron chi connectivity index (χ0n) is 11.0. The minimum absolute atomic E-state index is 0.362. The lowest BCUT2D eigenvalue weighted by molar-refractivity contribution is -0.117. The molecule has 0 bridgehead atoms. The van der Waals surface area contributed by atoms with Gasteiger partial charge in [-0.05, 0) is 25.0 Å². The summed E-state index contributed by atoms with van der Waals surface area (Å²) in [5.74, 6) is -0.362. The number of amides is 1. The lowest BCUT2D eigenvalue weighted by atomic mass is 10.1. The maximum atomic E-state index is 12.4. The fraction of sp³-hybridized carbons (Fsp3) is 0.357. The largest absolute Gasteiger partial charge is 0.310 e. The Kier molecular flexibility index (Phi) is 3.75. The van der Waals surface area contributed by atoms with Gasteiger partial charge in [0.15, 0.2) is 9.84 Å². The molecule has 102 valence electrons. The van der Waals surface area contributed by atoms with Crippen molar-refractivity contribution in [2.24, 2.45) is 0 Å². The number of nitrogens with zero attached hydrogens (tertiary/aromatic N) is 1. The van der Waals surface area contributed by atoms with Crippen molar-refractivity contribution in [3.63, 3.8) is 0 Å². The monoisotopic (exact) mass is 279 g/mol. The molecule has 0 radical (unpaired) electrons. The first kappa shape index (κ1) is 13.8. The van der Waals surface area contributed by atoms with Crippen LogP contribution in [0.2, 0.25) is 0 Å². The predicted molar refractivity (Wildman–Crippen MR) is 76.8 cm³/mol. The van der Waals surface area contributed by atoms with Crippen LogP contribution in [0.4, 0.5) is 5.69 Å². The van der Waals surface area contributed by atoms with E-state index in [0.29, 0.717) is 6.54 Å². The standard InChI is InChI=1S/C14H17NO3S/c1-11(19(2,17)18)14(16)15-10-6-5-8-12-7-3-4-9-13(12)15/h3-5,7-9,11H,6,10H2,1-2H3. The van der Waals surface area contributed by atoms with E-state index in [9.17, 15) is 13.2 Å². The molecule has 0 saturated heterocycles. The van der Waals surface area contributed by atoms with Crippen molar-refractivity contribution in [2.45, 2.75) is 18.6 Å². The highest BCUT2D eigenvalue weighted by Gasteiger charge is 2.30. The van der Waals surface area contributed by atoms with Crippen molar-refractivity contribution >= 4 is 27.5 Å². The first-order chi connectivity index (χ1) is 8.91. The van der Waals surface area contributed by atoms with Gasteiger partial charge in [0, 0.05) is 12.8 Å². The van der Waals surface area contributed by atoms with Crippen LogP contribution in [0.3, 0.4) is 0 Å². The summed E-state index contributed by atoms with van der Waals surface area (Å²) in [4.78, 5) is 13.9. The SMILES string of the molecule is CC(C(=O)N1CCC=Cc2ccccc21)S(C)(=O)=O. The molecule has 0 N–H and O–H groups in total. The van der Waals surface area contributed by atoms with Crippen LogP contribution in [-0.4, -0.2) is 32.4 Å². The summed E-state index contributed by atoms with van der Waals surface area (Å²) < 4.78 is 23.1. The second-order valence-electron chi connectivity index (χ2n) is 4.71. The Morgan fingerprint density at radius 1 is 1.32 bits per heavy atom. The van der Waals surface area contributed by atoms with E-state index in [0.717, 1.165) is 23.9 Å². The Hall–Kier alpha value is -1.62. The summed E-state index contributed by atoms with van der Waals surface area (Å²) >= 11 is 0. The lowest BCUT2D eigenvalue weighted by Crippen LogP contribution is -2.41. The van der Waals surface area contributed by atoms with E-state index in [1.165, 1.54) is 6.92 Å². The van der Waals surface area contributed by atoms with E-state index in [1.54, 1.807) is 4.90 Å². The van der Waals surface area contributed by atoms with Crippen LogP contribution in [0.1, 0.15) is 18.9 Å². The highest BCUT2D eigenvalue weighted by atomic mass is 32.2. The summed E-state index contributed by atoms with van der Waals surface area (Å²) in [5.41, 5.74) is 1.71. The third-order valence-corrected chi connectivity index (χ3v) is 4.79. The van der Waals surface area contributed by atoms with Gasteiger partial charge < -0.3 is 4.90 Å². The molecule has 1 aliphatic heterocycles. The molecule has 1 aromatic rings. The number of carbonyl (C=O) groups is 1. The Bertz CT molecular complexity index is 619. The maximum Gasteiger partial charge on any atom is 0.245 e. The minimum atomic E-state index is -3.38. The topological polar surface area (TPSA) is 54.5 Å². The number of para-hydroxylation sites is 1. The second-order valence-corrected chi connectivity index (χ2v) is 7.08. The average Bonchev–Trinajstić information content (AvgIpc) is 2.58. The summed E-state index contributed by atoms with van der Waals surface area (Å²) in [5, 5.41) is -1.02. The zero-order valence-corrected chi connectivity index (χ0v) is 11.9. The Balaban J connectivity index is 2.40. The fourth-order valence-corrected chi connectivity index (χ4v) is 2.53. The molecule has 1 unspecified atom stereocenters. The summed E-state index contributed by atoms with van der Waals surface area (Å²) in [6.07, 6.45) is 5.78. The molecule has 19 heavy (non-hydrogen) atoms. The van der Waals surface area contributed by atoms with E-state index in [-0.39, 0.29) is 5.91 Å². The molecule has 2 rings (SSSR count). The van der Waals surface area contributed by atoms with Crippen LogP contribution in [0.15, 0.2) is 30.3 Å². The van der Waals surface area contributed by atoms with Gasteiger partial charge in [-0.15, -0.1) is 0 Å². The normalized spacial score (nSPS) is 16.6. The number of carbonyl (C=O) groups excluding carboxylic acids is 1. The quantitative estimate of drug-likeness (QED) is 0.830. The highest BCUT2D eigenvalue weighted by molar-refractivity contribution is 7.92. The second kappa shape index (κ2) is 5.17. The molecule has 5 heteroatoms. The lowest BCUT2D eigenvalue weighted by Gasteiger charge is -2.25. The first-order valence-corrected chi connectivity index (χ1v) is 8.12.